The van der Waals surface area contributed by atoms with Crippen LogP contribution in [0.15, 0.2) is 15.9 Å². The topological polar surface area (TPSA) is 82.0 Å². The van der Waals surface area contributed by atoms with Crippen molar-refractivity contribution >= 4 is 11.2 Å². The first-order chi connectivity index (χ1) is 13.8. The van der Waals surface area contributed by atoms with Gasteiger partial charge in [0.25, 0.3) is 5.56 Å². The molecule has 2 atom stereocenters. The molecule has 0 saturated carbocycles. The lowest BCUT2D eigenvalue weighted by molar-refractivity contribution is -0.949. The van der Waals surface area contributed by atoms with Crippen molar-refractivity contribution in [3.63, 3.8) is 0 Å². The second-order valence-corrected chi connectivity index (χ2v) is 9.31. The van der Waals surface area contributed by atoms with Gasteiger partial charge in [0.05, 0.1) is 38.1 Å². The van der Waals surface area contributed by atoms with Gasteiger partial charge in [0.15, 0.2) is 11.2 Å². The zero-order valence-electron chi connectivity index (χ0n) is 18.3. The van der Waals surface area contributed by atoms with Crippen LogP contribution in [0.3, 0.4) is 0 Å². The maximum Gasteiger partial charge on any atom is 0.332 e. The van der Waals surface area contributed by atoms with Crippen LogP contribution in [0.1, 0.15) is 51.4 Å². The molecule has 2 aromatic heterocycles. The van der Waals surface area contributed by atoms with Crippen molar-refractivity contribution in [2.75, 3.05) is 13.6 Å². The van der Waals surface area contributed by atoms with Crippen LogP contribution in [-0.2, 0) is 20.6 Å². The van der Waals surface area contributed by atoms with Gasteiger partial charge in [0.1, 0.15) is 0 Å². The number of nitrogens with zero attached hydrogens (tertiary/aromatic N) is 5. The zero-order valence-corrected chi connectivity index (χ0v) is 19.8. The number of piperidine rings is 1. The Labute approximate surface area is 187 Å². The predicted molar refractivity (Wildman–Crippen MR) is 112 cm³/mol. The summed E-state index contributed by atoms with van der Waals surface area (Å²) >= 11 is 0. The highest BCUT2D eigenvalue weighted by molar-refractivity contribution is 5.69. The summed E-state index contributed by atoms with van der Waals surface area (Å²) < 4.78 is 5.63. The maximum atomic E-state index is 12.5. The van der Waals surface area contributed by atoms with Gasteiger partial charge in [-0.25, -0.2) is 9.78 Å². The molecular weight excluding hydrogens is 450 g/mol. The minimum absolute atomic E-state index is 0. The molecule has 2 saturated heterocycles. The van der Waals surface area contributed by atoms with Crippen LogP contribution >= 0.6 is 0 Å². The predicted octanol–water partition coefficient (Wildman–Crippen LogP) is -1.87. The first kappa shape index (κ1) is 23.2. The highest BCUT2D eigenvalue weighted by atomic mass is 79.9. The Hall–Kier alpha value is -1.45. The van der Waals surface area contributed by atoms with E-state index in [1.807, 2.05) is 4.57 Å². The van der Waals surface area contributed by atoms with Crippen molar-refractivity contribution in [3.05, 3.63) is 27.2 Å². The number of rotatable bonds is 7. The average molecular weight is 484 g/mol. The van der Waals surface area contributed by atoms with E-state index in [9.17, 15) is 14.7 Å². The van der Waals surface area contributed by atoms with Gasteiger partial charge in [-0.3, -0.25) is 13.9 Å². The molecule has 168 valence electrons. The molecule has 30 heavy (non-hydrogen) atoms. The van der Waals surface area contributed by atoms with Crippen LogP contribution in [0.4, 0.5) is 0 Å². The Bertz CT molecular complexity index is 996. The van der Waals surface area contributed by atoms with Crippen molar-refractivity contribution in [1.29, 1.82) is 0 Å². The number of halogens is 1. The van der Waals surface area contributed by atoms with Gasteiger partial charge in [-0.1, -0.05) is 6.42 Å². The zero-order chi connectivity index (χ0) is 20.8. The lowest BCUT2D eigenvalue weighted by atomic mass is 9.96. The first-order valence-electron chi connectivity index (χ1n) is 11.0. The van der Waals surface area contributed by atoms with E-state index in [0.717, 1.165) is 41.3 Å². The third-order valence-electron chi connectivity index (χ3n) is 7.60. The standard InChI is InChI=1S/C21H34N5O3.BrH/c1-23-19-18(20(28)24(2)21(23)29)25(14-22-19)10-6-4-5-7-11-26(3)15-8-9-16(26)13-17(27)12-15;/h14-17,27H,4-13H2,1-3H3;1H/q+1;/p-1. The van der Waals surface area contributed by atoms with E-state index in [1.165, 1.54) is 43.8 Å². The van der Waals surface area contributed by atoms with Gasteiger partial charge in [-0.2, -0.15) is 0 Å². The Balaban J connectivity index is 0.00000256. The lowest BCUT2D eigenvalue weighted by Gasteiger charge is -2.46. The lowest BCUT2D eigenvalue weighted by Crippen LogP contribution is -3.00. The van der Waals surface area contributed by atoms with E-state index in [0.29, 0.717) is 23.2 Å². The number of unbranched alkanes of at least 4 members (excludes halogenated alkanes) is 3. The molecule has 2 unspecified atom stereocenters. The fraction of sp³-hybridized carbons (Fsp3) is 0.762. The number of hydrogen-bond donors (Lipinski definition) is 1. The van der Waals surface area contributed by atoms with Crippen LogP contribution in [0.5, 0.6) is 0 Å². The van der Waals surface area contributed by atoms with Gasteiger partial charge in [-0.05, 0) is 19.3 Å². The highest BCUT2D eigenvalue weighted by Gasteiger charge is 2.50. The third-order valence-corrected chi connectivity index (χ3v) is 7.60. The summed E-state index contributed by atoms with van der Waals surface area (Å²) in [6.45, 7) is 1.95. The summed E-state index contributed by atoms with van der Waals surface area (Å²) in [7, 11) is 5.56. The van der Waals surface area contributed by atoms with Crippen LogP contribution < -0.4 is 28.2 Å². The molecule has 1 N–H and O–H groups in total. The molecule has 9 heteroatoms. The maximum absolute atomic E-state index is 12.5. The normalized spacial score (nSPS) is 28.1. The number of aliphatic hydroxyl groups excluding tert-OH is 1. The van der Waals surface area contributed by atoms with Crippen LogP contribution in [-0.4, -0.2) is 60.1 Å². The van der Waals surface area contributed by atoms with Crippen LogP contribution in [0.2, 0.25) is 0 Å². The molecule has 0 spiro atoms. The number of aliphatic hydroxyl groups is 1. The van der Waals surface area contributed by atoms with Gasteiger partial charge >= 0.3 is 5.69 Å². The molecule has 0 amide bonds. The number of hydrogen-bond acceptors (Lipinski definition) is 4. The molecule has 4 heterocycles. The minimum atomic E-state index is -0.344. The van der Waals surface area contributed by atoms with Gasteiger partial charge in [0.2, 0.25) is 0 Å². The number of imidazole rings is 1. The SMILES string of the molecule is Cn1c(=O)c2c(ncn2CCCCCC[N+]2(C)C3CCC2CC(O)C3)n(C)c1=O.[Br-]. The quantitative estimate of drug-likeness (QED) is 0.369. The molecular formula is C21H34BrN5O3. The molecule has 2 bridgehead atoms. The van der Waals surface area contributed by atoms with Crippen molar-refractivity contribution in [2.24, 2.45) is 14.1 Å². The molecule has 4 rings (SSSR count). The third kappa shape index (κ3) is 3.91. The van der Waals surface area contributed by atoms with Crippen molar-refractivity contribution < 1.29 is 26.6 Å². The average Bonchev–Trinajstić information content (AvgIpc) is 3.16. The Morgan fingerprint density at radius 1 is 1.07 bits per heavy atom. The van der Waals surface area contributed by atoms with Crippen molar-refractivity contribution in [2.45, 2.75) is 76.1 Å². The summed E-state index contributed by atoms with van der Waals surface area (Å²) in [5.74, 6) is 0. The van der Waals surface area contributed by atoms with Gasteiger partial charge < -0.3 is 31.1 Å². The fourth-order valence-electron chi connectivity index (χ4n) is 5.73. The van der Waals surface area contributed by atoms with Gasteiger partial charge in [-0.15, -0.1) is 0 Å². The molecule has 2 fully saturated rings. The molecule has 2 aliphatic heterocycles. The molecule has 2 aromatic rings. The van der Waals surface area contributed by atoms with E-state index in [1.54, 1.807) is 13.4 Å². The number of aryl methyl sites for hydroxylation is 2. The summed E-state index contributed by atoms with van der Waals surface area (Å²) in [4.78, 5) is 28.8. The Kier molecular flexibility index (Phi) is 6.94. The Morgan fingerprint density at radius 3 is 2.37 bits per heavy atom. The largest absolute Gasteiger partial charge is 1.00 e. The Morgan fingerprint density at radius 2 is 1.70 bits per heavy atom. The second-order valence-electron chi connectivity index (χ2n) is 9.31. The molecule has 0 aromatic carbocycles. The van der Waals surface area contributed by atoms with E-state index in [4.69, 9.17) is 0 Å². The monoisotopic (exact) mass is 483 g/mol. The summed E-state index contributed by atoms with van der Waals surface area (Å²) in [5.41, 5.74) is 0.346. The highest BCUT2D eigenvalue weighted by Crippen LogP contribution is 2.41. The van der Waals surface area contributed by atoms with E-state index < -0.39 is 0 Å². The second kappa shape index (κ2) is 8.96. The van der Waals surface area contributed by atoms with E-state index >= 15 is 0 Å². The summed E-state index contributed by atoms with van der Waals surface area (Å²) in [6.07, 6.45) is 10.6. The number of fused-ring (bicyclic) bond motifs is 3. The van der Waals surface area contributed by atoms with Crippen molar-refractivity contribution in [3.8, 4) is 0 Å². The smallest absolute Gasteiger partial charge is 0.332 e. The van der Waals surface area contributed by atoms with E-state index in [2.05, 4.69) is 12.0 Å². The molecule has 2 aliphatic rings. The van der Waals surface area contributed by atoms with Gasteiger partial charge in [0, 0.05) is 46.3 Å². The molecule has 0 radical (unpaired) electrons. The fourth-order valence-corrected chi connectivity index (χ4v) is 5.73. The first-order valence-corrected chi connectivity index (χ1v) is 11.0. The molecule has 0 aliphatic carbocycles. The summed E-state index contributed by atoms with van der Waals surface area (Å²) in [5, 5.41) is 10.0. The number of aromatic nitrogens is 4. The molecule has 8 nitrogen and oxygen atoms in total. The van der Waals surface area contributed by atoms with Crippen LogP contribution in [0, 0.1) is 0 Å². The van der Waals surface area contributed by atoms with Crippen LogP contribution in [0.25, 0.3) is 11.2 Å². The van der Waals surface area contributed by atoms with E-state index in [-0.39, 0.29) is 34.3 Å². The number of quaternary nitrogens is 1. The minimum Gasteiger partial charge on any atom is -1.00 e. The summed E-state index contributed by atoms with van der Waals surface area (Å²) in [6, 6.07) is 1.29. The van der Waals surface area contributed by atoms with Crippen molar-refractivity contribution in [1.82, 2.24) is 18.7 Å².